The van der Waals surface area contributed by atoms with Gasteiger partial charge < -0.3 is 15.0 Å². The average molecular weight is 476 g/mol. The second-order valence-corrected chi connectivity index (χ2v) is 10.8. The third-order valence-corrected chi connectivity index (χ3v) is 8.54. The van der Waals surface area contributed by atoms with E-state index in [1.54, 1.807) is 7.11 Å². The zero-order valence-corrected chi connectivity index (χ0v) is 21.3. The highest BCUT2D eigenvalue weighted by Gasteiger charge is 2.40. The van der Waals surface area contributed by atoms with Crippen LogP contribution in [-0.4, -0.2) is 35.5 Å². The fraction of sp³-hybridized carbons (Fsp3) is 0.600. The highest BCUT2D eigenvalue weighted by Crippen LogP contribution is 2.37. The number of carbonyl (C=O) groups excluding carboxylic acids is 1. The van der Waals surface area contributed by atoms with E-state index in [9.17, 15) is 4.79 Å². The molecule has 5 nitrogen and oxygen atoms in total. The molecule has 1 aromatic carbocycles. The predicted octanol–water partition coefficient (Wildman–Crippen LogP) is 6.15. The van der Waals surface area contributed by atoms with Gasteiger partial charge >= 0.3 is 0 Å². The minimum atomic E-state index is 0.0799. The van der Waals surface area contributed by atoms with Crippen molar-refractivity contribution >= 4 is 5.91 Å². The first-order valence-corrected chi connectivity index (χ1v) is 13.9. The van der Waals surface area contributed by atoms with Crippen molar-refractivity contribution in [3.05, 3.63) is 59.4 Å². The smallest absolute Gasteiger partial charge is 0.226 e. The molecule has 2 saturated carbocycles. The van der Waals surface area contributed by atoms with Crippen LogP contribution in [0, 0.1) is 5.92 Å². The Morgan fingerprint density at radius 2 is 1.71 bits per heavy atom. The minimum absolute atomic E-state index is 0.0799. The summed E-state index contributed by atoms with van der Waals surface area (Å²) in [6, 6.07) is 13.2. The van der Waals surface area contributed by atoms with Gasteiger partial charge in [-0.3, -0.25) is 9.78 Å². The van der Waals surface area contributed by atoms with Gasteiger partial charge in [0.25, 0.3) is 0 Å². The van der Waals surface area contributed by atoms with Gasteiger partial charge in [-0.2, -0.15) is 0 Å². The SMILES string of the molecule is COc1cnc(C2CCCCC2)cc1CNC1CCN(C(=O)C2CCCCC2)C1c1ccccc1. The van der Waals surface area contributed by atoms with E-state index in [0.29, 0.717) is 11.8 Å². The van der Waals surface area contributed by atoms with E-state index < -0.39 is 0 Å². The number of benzene rings is 1. The van der Waals surface area contributed by atoms with Crippen LogP contribution in [0.15, 0.2) is 42.6 Å². The summed E-state index contributed by atoms with van der Waals surface area (Å²) >= 11 is 0. The monoisotopic (exact) mass is 475 g/mol. The molecule has 1 aliphatic heterocycles. The largest absolute Gasteiger partial charge is 0.495 e. The number of carbonyl (C=O) groups is 1. The predicted molar refractivity (Wildman–Crippen MR) is 139 cm³/mol. The summed E-state index contributed by atoms with van der Waals surface area (Å²) in [6.07, 6.45) is 15.1. The Bertz CT molecular complexity index is 967. The van der Waals surface area contributed by atoms with Crippen molar-refractivity contribution < 1.29 is 9.53 Å². The zero-order chi connectivity index (χ0) is 24.0. The van der Waals surface area contributed by atoms with Gasteiger partial charge in [-0.05, 0) is 43.7 Å². The van der Waals surface area contributed by atoms with Gasteiger partial charge in [0.2, 0.25) is 5.91 Å². The highest BCUT2D eigenvalue weighted by atomic mass is 16.5. The van der Waals surface area contributed by atoms with Crippen LogP contribution in [0.25, 0.3) is 0 Å². The number of methoxy groups -OCH3 is 1. The Morgan fingerprint density at radius 1 is 1.00 bits per heavy atom. The molecule has 1 aromatic heterocycles. The van der Waals surface area contributed by atoms with Gasteiger partial charge in [0.1, 0.15) is 5.75 Å². The van der Waals surface area contributed by atoms with Crippen LogP contribution in [0.5, 0.6) is 5.75 Å². The van der Waals surface area contributed by atoms with Crippen LogP contribution in [0.3, 0.4) is 0 Å². The van der Waals surface area contributed by atoms with E-state index in [1.165, 1.54) is 68.2 Å². The van der Waals surface area contributed by atoms with Crippen molar-refractivity contribution in [3.63, 3.8) is 0 Å². The number of amides is 1. The zero-order valence-electron chi connectivity index (χ0n) is 21.3. The van der Waals surface area contributed by atoms with Gasteiger partial charge in [-0.15, -0.1) is 0 Å². The molecule has 2 atom stereocenters. The van der Waals surface area contributed by atoms with Crippen LogP contribution < -0.4 is 10.1 Å². The van der Waals surface area contributed by atoms with Crippen LogP contribution >= 0.6 is 0 Å². The lowest BCUT2D eigenvalue weighted by atomic mass is 9.86. The lowest BCUT2D eigenvalue weighted by Crippen LogP contribution is -2.41. The number of hydrogen-bond donors (Lipinski definition) is 1. The first kappa shape index (κ1) is 24.3. The molecule has 0 spiro atoms. The van der Waals surface area contributed by atoms with Crippen molar-refractivity contribution in [2.75, 3.05) is 13.7 Å². The molecular weight excluding hydrogens is 434 g/mol. The fourth-order valence-electron chi connectivity index (χ4n) is 6.59. The van der Waals surface area contributed by atoms with Gasteiger partial charge in [0.05, 0.1) is 19.3 Å². The molecule has 5 heteroatoms. The third kappa shape index (κ3) is 5.55. The first-order chi connectivity index (χ1) is 17.2. The molecule has 3 fully saturated rings. The molecule has 2 heterocycles. The van der Waals surface area contributed by atoms with E-state index in [0.717, 1.165) is 38.1 Å². The summed E-state index contributed by atoms with van der Waals surface area (Å²) in [6.45, 7) is 1.55. The molecule has 1 N–H and O–H groups in total. The Kier molecular flexibility index (Phi) is 8.02. The fourth-order valence-corrected chi connectivity index (χ4v) is 6.59. The maximum atomic E-state index is 13.6. The van der Waals surface area contributed by atoms with Crippen molar-refractivity contribution in [2.24, 2.45) is 5.92 Å². The summed E-state index contributed by atoms with van der Waals surface area (Å²) in [4.78, 5) is 20.5. The summed E-state index contributed by atoms with van der Waals surface area (Å²) in [7, 11) is 1.73. The molecular formula is C30H41N3O2. The number of rotatable bonds is 7. The van der Waals surface area contributed by atoms with Crippen molar-refractivity contribution in [1.82, 2.24) is 15.2 Å². The molecule has 5 rings (SSSR count). The van der Waals surface area contributed by atoms with Crippen LogP contribution in [0.1, 0.15) is 99.4 Å². The molecule has 0 radical (unpaired) electrons. The number of likely N-dealkylation sites (tertiary alicyclic amines) is 1. The molecule has 2 aliphatic carbocycles. The maximum Gasteiger partial charge on any atom is 0.226 e. The number of nitrogens with zero attached hydrogens (tertiary/aromatic N) is 2. The second kappa shape index (κ2) is 11.6. The number of ether oxygens (including phenoxy) is 1. The Balaban J connectivity index is 1.34. The van der Waals surface area contributed by atoms with E-state index in [4.69, 9.17) is 9.72 Å². The van der Waals surface area contributed by atoms with Crippen molar-refractivity contribution in [2.45, 2.75) is 95.2 Å². The summed E-state index contributed by atoms with van der Waals surface area (Å²) < 4.78 is 5.69. The molecule has 0 bridgehead atoms. The number of hydrogen-bond acceptors (Lipinski definition) is 4. The third-order valence-electron chi connectivity index (χ3n) is 8.54. The standard InChI is InChI=1S/C30H41N3O2/c1-35-28-21-32-27(22-11-5-2-6-12-22)19-25(28)20-31-26-17-18-33(29(26)23-13-7-3-8-14-23)30(34)24-15-9-4-10-16-24/h3,7-8,13-14,19,21-22,24,26,29,31H,2,4-6,9-12,15-18,20H2,1H3. The van der Waals surface area contributed by atoms with Crippen molar-refractivity contribution in [3.8, 4) is 5.75 Å². The molecule has 2 aromatic rings. The van der Waals surface area contributed by atoms with E-state index >= 15 is 0 Å². The normalized spacial score (nSPS) is 24.0. The first-order valence-electron chi connectivity index (χ1n) is 13.9. The Labute approximate surface area is 210 Å². The number of nitrogens with one attached hydrogen (secondary N) is 1. The van der Waals surface area contributed by atoms with Crippen molar-refractivity contribution in [1.29, 1.82) is 0 Å². The average Bonchev–Trinajstić information content (AvgIpc) is 3.36. The molecule has 1 saturated heterocycles. The van der Waals surface area contributed by atoms with Crippen LogP contribution in [0.2, 0.25) is 0 Å². The summed E-state index contributed by atoms with van der Waals surface area (Å²) in [5.74, 6) is 1.98. The quantitative estimate of drug-likeness (QED) is 0.522. The van der Waals surface area contributed by atoms with Crippen LogP contribution in [0.4, 0.5) is 0 Å². The number of aromatic nitrogens is 1. The molecule has 188 valence electrons. The van der Waals surface area contributed by atoms with E-state index in [2.05, 4.69) is 46.6 Å². The van der Waals surface area contributed by atoms with Gasteiger partial charge in [-0.25, -0.2) is 0 Å². The highest BCUT2D eigenvalue weighted by molar-refractivity contribution is 5.80. The van der Waals surface area contributed by atoms with Gasteiger partial charge in [0, 0.05) is 42.2 Å². The molecule has 3 aliphatic rings. The second-order valence-electron chi connectivity index (χ2n) is 10.8. The van der Waals surface area contributed by atoms with Crippen LogP contribution in [-0.2, 0) is 11.3 Å². The maximum absolute atomic E-state index is 13.6. The number of pyridine rings is 1. The molecule has 35 heavy (non-hydrogen) atoms. The van der Waals surface area contributed by atoms with Gasteiger partial charge in [-0.1, -0.05) is 68.9 Å². The van der Waals surface area contributed by atoms with E-state index in [1.807, 2.05) is 6.20 Å². The lowest BCUT2D eigenvalue weighted by Gasteiger charge is -2.33. The topological polar surface area (TPSA) is 54.5 Å². The molecule has 1 amide bonds. The van der Waals surface area contributed by atoms with E-state index in [-0.39, 0.29) is 18.0 Å². The lowest BCUT2D eigenvalue weighted by molar-refractivity contribution is -0.137. The summed E-state index contributed by atoms with van der Waals surface area (Å²) in [5.41, 5.74) is 3.62. The Hall–Kier alpha value is -2.40. The minimum Gasteiger partial charge on any atom is -0.495 e. The molecule has 2 unspecified atom stereocenters. The summed E-state index contributed by atoms with van der Waals surface area (Å²) in [5, 5.41) is 3.84. The Morgan fingerprint density at radius 3 is 2.43 bits per heavy atom. The van der Waals surface area contributed by atoms with Gasteiger partial charge in [0.15, 0.2) is 0 Å².